The molecule has 0 aliphatic carbocycles. The molecule has 0 aromatic rings. The number of rotatable bonds is 24. The van der Waals surface area contributed by atoms with Gasteiger partial charge < -0.3 is 9.80 Å². The smallest absolute Gasteiger partial charge is 0.134 e. The first kappa shape index (κ1) is 33.5. The van der Waals surface area contributed by atoms with Crippen LogP contribution in [0.15, 0.2) is 0 Å². The summed E-state index contributed by atoms with van der Waals surface area (Å²) in [5, 5.41) is 0. The van der Waals surface area contributed by atoms with Gasteiger partial charge >= 0.3 is 0 Å². The molecule has 0 radical (unpaired) electrons. The van der Waals surface area contributed by atoms with Gasteiger partial charge in [0.1, 0.15) is 8.64 Å². The Hall–Kier alpha value is 0.480. The Morgan fingerprint density at radius 2 is 0.697 bits per heavy atom. The van der Waals surface area contributed by atoms with E-state index in [1.807, 2.05) is 0 Å². The summed E-state index contributed by atoms with van der Waals surface area (Å²) in [6.45, 7) is 7.20. The van der Waals surface area contributed by atoms with E-state index in [-0.39, 0.29) is 0 Å². The summed E-state index contributed by atoms with van der Waals surface area (Å²) < 4.78 is 1.34. The van der Waals surface area contributed by atoms with Crippen molar-refractivity contribution in [3.63, 3.8) is 0 Å². The van der Waals surface area contributed by atoms with Crippen LogP contribution in [0.2, 0.25) is 0 Å². The highest BCUT2D eigenvalue weighted by Gasteiger charge is 2.13. The molecule has 0 aliphatic heterocycles. The first-order chi connectivity index (χ1) is 16.0. The van der Waals surface area contributed by atoms with Gasteiger partial charge in [-0.25, -0.2) is 0 Å². The molecule has 0 N–H and O–H groups in total. The molecule has 0 heterocycles. The van der Waals surface area contributed by atoms with Crippen LogP contribution in [0, 0.1) is 0 Å². The minimum absolute atomic E-state index is 0.670. The molecular weight excluding hydrogens is 481 g/mol. The summed E-state index contributed by atoms with van der Waals surface area (Å²) in [6, 6.07) is 0. The van der Waals surface area contributed by atoms with E-state index in [0.29, 0.717) is 8.64 Å². The van der Waals surface area contributed by atoms with Crippen molar-refractivity contribution in [2.45, 2.75) is 142 Å². The third kappa shape index (κ3) is 22.7. The third-order valence-electron chi connectivity index (χ3n) is 6.45. The highest BCUT2D eigenvalue weighted by atomic mass is 32.1. The Balaban J connectivity index is 3.93. The summed E-state index contributed by atoms with van der Waals surface area (Å²) in [7, 11) is 0. The van der Waals surface area contributed by atoms with Crippen LogP contribution in [0.5, 0.6) is 0 Å². The summed E-state index contributed by atoms with van der Waals surface area (Å²) in [6.07, 6.45) is 26.9. The molecule has 33 heavy (non-hydrogen) atoms. The Kier molecular flexibility index (Phi) is 25.9. The molecule has 0 saturated carbocycles. The fraction of sp³-hybridized carbons (Fsp3) is 0.926. The third-order valence-corrected chi connectivity index (χ3v) is 7.53. The van der Waals surface area contributed by atoms with Gasteiger partial charge in [0, 0.05) is 13.1 Å². The van der Waals surface area contributed by atoms with E-state index in [1.54, 1.807) is 0 Å². The van der Waals surface area contributed by atoms with Crippen LogP contribution in [-0.2, 0) is 0 Å². The van der Waals surface area contributed by atoms with Gasteiger partial charge in [0.15, 0.2) is 0 Å². The number of unbranched alkanes of at least 4 members (excludes halogenated alkanes) is 18. The van der Waals surface area contributed by atoms with Gasteiger partial charge in [-0.05, 0) is 12.8 Å². The minimum Gasteiger partial charge on any atom is -0.340 e. The summed E-state index contributed by atoms with van der Waals surface area (Å²) in [5.74, 6) is 0. The van der Waals surface area contributed by atoms with E-state index in [4.69, 9.17) is 24.4 Å². The van der Waals surface area contributed by atoms with Crippen LogP contribution in [-0.4, -0.2) is 38.2 Å². The van der Waals surface area contributed by atoms with Crippen LogP contribution in [0.1, 0.15) is 142 Å². The topological polar surface area (TPSA) is 6.48 Å². The van der Waals surface area contributed by atoms with E-state index < -0.39 is 0 Å². The monoisotopic (exact) mass is 534 g/mol. The zero-order valence-corrected chi connectivity index (χ0v) is 25.3. The second kappa shape index (κ2) is 25.6. The number of nitrogens with zero attached hydrogens (tertiary/aromatic N) is 2. The van der Waals surface area contributed by atoms with Crippen LogP contribution in [0.25, 0.3) is 0 Å². The average molecular weight is 535 g/mol. The first-order valence-electron chi connectivity index (χ1n) is 14.0. The molecule has 0 spiro atoms. The molecule has 0 saturated heterocycles. The lowest BCUT2D eigenvalue weighted by Gasteiger charge is -2.31. The molecule has 6 heteroatoms. The predicted octanol–water partition coefficient (Wildman–Crippen LogP) is 9.82. The van der Waals surface area contributed by atoms with Crippen LogP contribution < -0.4 is 0 Å². The normalized spacial score (nSPS) is 11.0. The lowest BCUT2D eigenvalue weighted by atomic mass is 10.1. The maximum atomic E-state index is 5.41. The van der Waals surface area contributed by atoms with E-state index in [1.165, 1.54) is 128 Å². The van der Waals surface area contributed by atoms with E-state index in [9.17, 15) is 0 Å². The zero-order chi connectivity index (χ0) is 24.6. The first-order valence-corrected chi connectivity index (χ1v) is 15.7. The lowest BCUT2D eigenvalue weighted by Crippen LogP contribution is -2.41. The van der Waals surface area contributed by atoms with Gasteiger partial charge in [0.2, 0.25) is 0 Å². The number of thiocarbonyl (C=S) groups is 2. The molecule has 0 unspecified atom stereocenters. The van der Waals surface area contributed by atoms with Gasteiger partial charge in [-0.15, -0.1) is 25.3 Å². The Bertz CT molecular complexity index is 419. The molecule has 2 nitrogen and oxygen atoms in total. The summed E-state index contributed by atoms with van der Waals surface area (Å²) in [5.41, 5.74) is 0. The van der Waals surface area contributed by atoms with Gasteiger partial charge in [-0.1, -0.05) is 154 Å². The number of hydrogen-bond acceptors (Lipinski definition) is 2. The summed E-state index contributed by atoms with van der Waals surface area (Å²) >= 11 is 19.8. The highest BCUT2D eigenvalue weighted by Crippen LogP contribution is 2.14. The van der Waals surface area contributed by atoms with Crippen molar-refractivity contribution in [1.82, 2.24) is 9.80 Å². The highest BCUT2D eigenvalue weighted by molar-refractivity contribution is 8.11. The quantitative estimate of drug-likeness (QED) is 0.0550. The van der Waals surface area contributed by atoms with Crippen molar-refractivity contribution < 1.29 is 0 Å². The lowest BCUT2D eigenvalue weighted by molar-refractivity contribution is 0.274. The van der Waals surface area contributed by atoms with Gasteiger partial charge in [0.25, 0.3) is 0 Å². The largest absolute Gasteiger partial charge is 0.340 e. The molecule has 0 atom stereocenters. The predicted molar refractivity (Wildman–Crippen MR) is 165 cm³/mol. The standard InChI is InChI=1S/C27H54N2S4/c1-3-5-7-9-11-13-15-17-19-21-23-28(26(30)31)25-29(27(32)33)24-22-20-18-16-14-12-10-8-6-4-2/h3-25H2,1-2H3,(H,30,31)(H,32,33). The SMILES string of the molecule is CCCCCCCCCCCCN(CN(CCCCCCCCCCCC)C(=S)S)C(=S)S. The molecule has 0 bridgehead atoms. The molecule has 0 rings (SSSR count). The van der Waals surface area contributed by atoms with Crippen molar-refractivity contribution in [2.75, 3.05) is 19.8 Å². The molecule has 196 valence electrons. The second-order valence-electron chi connectivity index (χ2n) is 9.60. The van der Waals surface area contributed by atoms with E-state index in [0.717, 1.165) is 19.8 Å². The zero-order valence-electron chi connectivity index (χ0n) is 21.9. The minimum atomic E-state index is 0.670. The van der Waals surface area contributed by atoms with E-state index in [2.05, 4.69) is 48.9 Å². The van der Waals surface area contributed by atoms with Crippen molar-refractivity contribution >= 4 is 58.3 Å². The summed E-state index contributed by atoms with van der Waals surface area (Å²) in [4.78, 5) is 4.37. The van der Waals surface area contributed by atoms with Crippen molar-refractivity contribution in [3.8, 4) is 0 Å². The van der Waals surface area contributed by atoms with Crippen molar-refractivity contribution in [3.05, 3.63) is 0 Å². The Labute approximate surface area is 229 Å². The molecule has 0 aromatic carbocycles. The Morgan fingerprint density at radius 1 is 0.455 bits per heavy atom. The van der Waals surface area contributed by atoms with Gasteiger partial charge in [-0.2, -0.15) is 0 Å². The fourth-order valence-electron chi connectivity index (χ4n) is 4.24. The maximum absolute atomic E-state index is 5.41. The van der Waals surface area contributed by atoms with Crippen LogP contribution in [0.3, 0.4) is 0 Å². The van der Waals surface area contributed by atoms with Crippen LogP contribution in [0.4, 0.5) is 0 Å². The van der Waals surface area contributed by atoms with Crippen molar-refractivity contribution in [2.24, 2.45) is 0 Å². The van der Waals surface area contributed by atoms with Crippen LogP contribution >= 0.6 is 49.7 Å². The molecule has 0 aliphatic rings. The number of thiol groups is 2. The molecule has 0 fully saturated rings. The Morgan fingerprint density at radius 3 is 0.939 bits per heavy atom. The van der Waals surface area contributed by atoms with E-state index >= 15 is 0 Å². The fourth-order valence-corrected chi connectivity index (χ4v) is 4.86. The maximum Gasteiger partial charge on any atom is 0.134 e. The average Bonchev–Trinajstić information content (AvgIpc) is 2.79. The molecule has 0 amide bonds. The number of hydrogen-bond donors (Lipinski definition) is 2. The second-order valence-corrected chi connectivity index (χ2v) is 11.8. The van der Waals surface area contributed by atoms with Gasteiger partial charge in [0.05, 0.1) is 6.67 Å². The molecular formula is C27H54N2S4. The molecule has 0 aromatic heterocycles. The van der Waals surface area contributed by atoms with Gasteiger partial charge in [-0.3, -0.25) is 0 Å². The van der Waals surface area contributed by atoms with Crippen molar-refractivity contribution in [1.29, 1.82) is 0 Å².